The Labute approximate surface area is 314 Å². The lowest BCUT2D eigenvalue weighted by atomic mass is 9.53. The average molecular weight is 728 g/mol. The van der Waals surface area contributed by atoms with Gasteiger partial charge in [0.25, 0.3) is 5.22 Å². The minimum absolute atomic E-state index is 0.0148. The molecule has 3 unspecified atom stereocenters. The number of hydrogen-bond acceptors (Lipinski definition) is 7. The van der Waals surface area contributed by atoms with E-state index in [1.165, 1.54) is 31.0 Å². The van der Waals surface area contributed by atoms with Gasteiger partial charge in [0.1, 0.15) is 5.69 Å². The van der Waals surface area contributed by atoms with Gasteiger partial charge in [-0.25, -0.2) is 9.78 Å². The van der Waals surface area contributed by atoms with Gasteiger partial charge in [0.05, 0.1) is 18.8 Å². The summed E-state index contributed by atoms with van der Waals surface area (Å²) in [4.78, 5) is 18.4. The maximum atomic E-state index is 13.4. The number of ether oxygens (including phenoxy) is 2. The van der Waals surface area contributed by atoms with E-state index in [9.17, 15) is 9.90 Å². The Balaban J connectivity index is 0.931. The number of thioether (sulfide) groups is 1. The highest BCUT2D eigenvalue weighted by atomic mass is 32.2. The van der Waals surface area contributed by atoms with Gasteiger partial charge in [-0.15, -0.1) is 0 Å². The quantitative estimate of drug-likeness (QED) is 0.123. The number of rotatable bonds is 10. The molecule has 0 spiro atoms. The van der Waals surface area contributed by atoms with Crippen molar-refractivity contribution in [3.05, 3.63) is 126 Å². The molecule has 1 saturated heterocycles. The molecule has 9 heteroatoms. The predicted octanol–water partition coefficient (Wildman–Crippen LogP) is 9.93. The molecule has 5 aliphatic rings. The summed E-state index contributed by atoms with van der Waals surface area (Å²) >= 11 is 1.53. The second-order valence-corrected chi connectivity index (χ2v) is 16.4. The molecule has 2 heterocycles. The van der Waals surface area contributed by atoms with Gasteiger partial charge < -0.3 is 29.6 Å². The molecule has 10 rings (SSSR count). The molecule has 3 atom stereocenters. The second kappa shape index (κ2) is 14.8. The van der Waals surface area contributed by atoms with Crippen LogP contribution in [0.15, 0.2) is 119 Å². The van der Waals surface area contributed by atoms with Crippen molar-refractivity contribution in [2.75, 3.05) is 11.1 Å². The van der Waals surface area contributed by atoms with E-state index in [0.29, 0.717) is 23.1 Å². The molecule has 3 N–H and O–H groups in total. The van der Waals surface area contributed by atoms with Gasteiger partial charge in [-0.05, 0) is 79.5 Å². The van der Waals surface area contributed by atoms with Gasteiger partial charge in [0.2, 0.25) is 0 Å². The number of amides is 2. The van der Waals surface area contributed by atoms with Crippen LogP contribution in [0.25, 0.3) is 22.6 Å². The van der Waals surface area contributed by atoms with Gasteiger partial charge in [-0.2, -0.15) is 0 Å². The zero-order valence-electron chi connectivity index (χ0n) is 29.7. The fourth-order valence-corrected chi connectivity index (χ4v) is 10.4. The van der Waals surface area contributed by atoms with Crippen LogP contribution in [0.3, 0.4) is 0 Å². The fraction of sp³-hybridized carbons (Fsp3) is 0.364. The van der Waals surface area contributed by atoms with Crippen LogP contribution in [-0.2, 0) is 16.1 Å². The van der Waals surface area contributed by atoms with E-state index in [-0.39, 0.29) is 30.4 Å². The van der Waals surface area contributed by atoms with Crippen LogP contribution in [0.2, 0.25) is 0 Å². The van der Waals surface area contributed by atoms with Crippen LogP contribution in [0, 0.1) is 17.8 Å². The molecule has 5 aromatic rings. The topological polar surface area (TPSA) is 106 Å². The van der Waals surface area contributed by atoms with E-state index in [1.54, 1.807) is 0 Å². The fourth-order valence-electron chi connectivity index (χ4n) is 9.56. The molecule has 5 fully saturated rings. The van der Waals surface area contributed by atoms with Gasteiger partial charge in [0.15, 0.2) is 12.1 Å². The van der Waals surface area contributed by atoms with Crippen molar-refractivity contribution < 1.29 is 23.8 Å². The summed E-state index contributed by atoms with van der Waals surface area (Å²) in [6.07, 6.45) is 6.84. The molecular weight excluding hydrogens is 683 g/mol. The third-order valence-corrected chi connectivity index (χ3v) is 12.5. The van der Waals surface area contributed by atoms with Gasteiger partial charge in [-0.1, -0.05) is 109 Å². The van der Waals surface area contributed by atoms with Crippen molar-refractivity contribution in [1.82, 2.24) is 10.3 Å². The highest BCUT2D eigenvalue weighted by Gasteiger charge is 2.51. The van der Waals surface area contributed by atoms with E-state index in [4.69, 9.17) is 18.9 Å². The number of hydrogen-bond donors (Lipinski definition) is 3. The Kier molecular flexibility index (Phi) is 9.59. The lowest BCUT2D eigenvalue weighted by molar-refractivity contribution is -0.245. The van der Waals surface area contributed by atoms with E-state index in [2.05, 4.69) is 10.6 Å². The molecule has 272 valence electrons. The zero-order valence-corrected chi connectivity index (χ0v) is 30.5. The summed E-state index contributed by atoms with van der Waals surface area (Å²) in [7, 11) is 0. The number of urea groups is 1. The Bertz CT molecular complexity index is 1940. The average Bonchev–Trinajstić information content (AvgIpc) is 3.61. The molecule has 53 heavy (non-hydrogen) atoms. The maximum Gasteiger partial charge on any atom is 0.319 e. The largest absolute Gasteiger partial charge is 0.431 e. The molecule has 1 aliphatic heterocycles. The van der Waals surface area contributed by atoms with E-state index >= 15 is 0 Å². The molecular formula is C44H45N3O5S. The molecule has 0 radical (unpaired) electrons. The smallest absolute Gasteiger partial charge is 0.319 e. The first-order chi connectivity index (χ1) is 26.0. The zero-order chi connectivity index (χ0) is 35.8. The lowest BCUT2D eigenvalue weighted by Gasteiger charge is -2.56. The Morgan fingerprint density at radius 1 is 0.774 bits per heavy atom. The highest BCUT2D eigenvalue weighted by Crippen LogP contribution is 2.55. The number of oxazole rings is 1. The van der Waals surface area contributed by atoms with Gasteiger partial charge in [-0.3, -0.25) is 0 Å². The number of carbonyl (C=O) groups is 1. The number of aromatic nitrogens is 1. The molecule has 1 aromatic heterocycles. The SMILES string of the molecule is O=C(Nc1cccc(C2OC(CSc3nc(-c4ccccc4)c(-c4ccccc4)o3)CC(c3ccc(CO)cc3)O2)c1)NC12CC3CC(CC(C3)C1)C2. The number of nitrogens with one attached hydrogen (secondary N) is 2. The van der Waals surface area contributed by atoms with Crippen LogP contribution in [0.5, 0.6) is 0 Å². The van der Waals surface area contributed by atoms with E-state index < -0.39 is 6.29 Å². The summed E-state index contributed by atoms with van der Waals surface area (Å²) in [5.74, 6) is 3.60. The summed E-state index contributed by atoms with van der Waals surface area (Å²) in [5, 5.41) is 16.8. The molecule has 4 bridgehead atoms. The van der Waals surface area contributed by atoms with E-state index in [1.807, 2.05) is 109 Å². The monoisotopic (exact) mass is 727 g/mol. The summed E-state index contributed by atoms with van der Waals surface area (Å²) in [6.45, 7) is -0.0148. The Hall–Kier alpha value is -4.41. The predicted molar refractivity (Wildman–Crippen MR) is 206 cm³/mol. The number of aliphatic hydroxyl groups excluding tert-OH is 1. The lowest BCUT2D eigenvalue weighted by Crippen LogP contribution is -2.60. The van der Waals surface area contributed by atoms with Crippen LogP contribution < -0.4 is 10.6 Å². The molecule has 4 aromatic carbocycles. The van der Waals surface area contributed by atoms with Gasteiger partial charge in [0, 0.05) is 40.1 Å². The summed E-state index contributed by atoms with van der Waals surface area (Å²) < 4.78 is 19.7. The van der Waals surface area contributed by atoms with Crippen molar-refractivity contribution >= 4 is 23.5 Å². The standard InChI is InChI=1S/C44H45N3O5S/c48-26-28-14-16-32(17-15-28)38-22-37(27-53-43-46-39(33-8-3-1-4-9-33)40(52-43)34-10-5-2-6-11-34)50-41(51-38)35-12-7-13-36(21-35)45-42(49)47-44-23-29-18-30(24-44)20-31(19-29)25-44/h1-17,21,29-31,37-38,41,48H,18-20,22-27H2,(H2,45,47,49). The second-order valence-electron chi connectivity index (χ2n) is 15.5. The third-order valence-electron chi connectivity index (χ3n) is 11.5. The van der Waals surface area contributed by atoms with Crippen molar-refractivity contribution in [2.24, 2.45) is 17.8 Å². The molecule has 2 amide bonds. The van der Waals surface area contributed by atoms with Gasteiger partial charge >= 0.3 is 6.03 Å². The molecule has 4 saturated carbocycles. The van der Waals surface area contributed by atoms with Crippen molar-refractivity contribution in [3.8, 4) is 22.6 Å². The Morgan fingerprint density at radius 3 is 2.13 bits per heavy atom. The number of benzene rings is 4. The number of carbonyl (C=O) groups excluding carboxylic acids is 1. The van der Waals surface area contributed by atoms with Crippen LogP contribution in [0.4, 0.5) is 10.5 Å². The van der Waals surface area contributed by atoms with Crippen molar-refractivity contribution in [1.29, 1.82) is 0 Å². The summed E-state index contributed by atoms with van der Waals surface area (Å²) in [5.41, 5.74) is 6.12. The van der Waals surface area contributed by atoms with Crippen LogP contribution in [-0.4, -0.2) is 33.5 Å². The molecule has 4 aliphatic carbocycles. The minimum atomic E-state index is -0.658. The first-order valence-electron chi connectivity index (χ1n) is 18.9. The van der Waals surface area contributed by atoms with E-state index in [0.717, 1.165) is 76.3 Å². The first kappa shape index (κ1) is 34.4. The van der Waals surface area contributed by atoms with Crippen molar-refractivity contribution in [2.45, 2.75) is 80.8 Å². The highest BCUT2D eigenvalue weighted by molar-refractivity contribution is 7.99. The first-order valence-corrected chi connectivity index (χ1v) is 19.9. The van der Waals surface area contributed by atoms with Crippen LogP contribution in [0.1, 0.15) is 74.0 Å². The maximum absolute atomic E-state index is 13.4. The minimum Gasteiger partial charge on any atom is -0.431 e. The summed E-state index contributed by atoms with van der Waals surface area (Å²) in [6, 6.07) is 35.7. The number of nitrogens with zero attached hydrogens (tertiary/aromatic N) is 1. The number of aliphatic hydroxyl groups is 1. The molecule has 8 nitrogen and oxygen atoms in total. The third kappa shape index (κ3) is 7.53. The number of anilines is 1. The Morgan fingerprint density at radius 2 is 1.45 bits per heavy atom. The van der Waals surface area contributed by atoms with Crippen LogP contribution >= 0.6 is 11.8 Å². The normalized spacial score (nSPS) is 27.4. The van der Waals surface area contributed by atoms with Crippen molar-refractivity contribution in [3.63, 3.8) is 0 Å².